The van der Waals surface area contributed by atoms with Crippen LogP contribution in [0.2, 0.25) is 5.02 Å². The topological polar surface area (TPSA) is 118 Å². The van der Waals surface area contributed by atoms with E-state index in [9.17, 15) is 14.0 Å². The number of carbonyl (C=O) groups excluding carboxylic acids is 2. The van der Waals surface area contributed by atoms with Crippen LogP contribution in [0.5, 0.6) is 0 Å². The third-order valence-corrected chi connectivity index (χ3v) is 6.38. The molecule has 0 spiro atoms. The van der Waals surface area contributed by atoms with Gasteiger partial charge in [-0.15, -0.1) is 0 Å². The van der Waals surface area contributed by atoms with Crippen molar-refractivity contribution in [3.63, 3.8) is 0 Å². The molecule has 2 amide bonds. The van der Waals surface area contributed by atoms with E-state index >= 15 is 0 Å². The second-order valence-corrected chi connectivity index (χ2v) is 9.08. The highest BCUT2D eigenvalue weighted by atomic mass is 35.5. The Morgan fingerprint density at radius 3 is 2.50 bits per heavy atom. The smallest absolute Gasteiger partial charge is 0.251 e. The maximum Gasteiger partial charge on any atom is 0.251 e. The van der Waals surface area contributed by atoms with Gasteiger partial charge < -0.3 is 20.9 Å². The summed E-state index contributed by atoms with van der Waals surface area (Å²) in [6.45, 7) is 0.217. The predicted octanol–water partition coefficient (Wildman–Crippen LogP) is 4.57. The minimum atomic E-state index is -0.521. The van der Waals surface area contributed by atoms with Gasteiger partial charge in [0.1, 0.15) is 12.4 Å². The van der Waals surface area contributed by atoms with E-state index in [0.717, 1.165) is 22.5 Å². The average molecular weight is 535 g/mol. The van der Waals surface area contributed by atoms with Gasteiger partial charge in [0, 0.05) is 42.3 Å². The lowest BCUT2D eigenvalue weighted by molar-refractivity contribution is -0.135. The number of anilines is 2. The lowest BCUT2D eigenvalue weighted by Gasteiger charge is -2.28. The summed E-state index contributed by atoms with van der Waals surface area (Å²) in [7, 11) is 0. The fourth-order valence-corrected chi connectivity index (χ4v) is 4.49. The first-order valence-corrected chi connectivity index (χ1v) is 12.4. The van der Waals surface area contributed by atoms with E-state index in [2.05, 4.69) is 10.3 Å². The van der Waals surface area contributed by atoms with Crippen molar-refractivity contribution in [2.45, 2.75) is 12.8 Å². The van der Waals surface area contributed by atoms with Gasteiger partial charge in [-0.2, -0.15) is 0 Å². The van der Waals surface area contributed by atoms with Gasteiger partial charge in [0.15, 0.2) is 5.96 Å². The molecule has 3 aromatic carbocycles. The largest absolute Gasteiger partial charge is 0.370 e. The number of hydrogen-bond acceptors (Lipinski definition) is 3. The van der Waals surface area contributed by atoms with Crippen LogP contribution in [0.1, 0.15) is 12.0 Å². The highest BCUT2D eigenvalue weighted by Crippen LogP contribution is 2.33. The molecule has 0 fully saturated rings. The van der Waals surface area contributed by atoms with E-state index in [1.807, 2.05) is 36.5 Å². The minimum absolute atomic E-state index is 0.0450. The van der Waals surface area contributed by atoms with Gasteiger partial charge in [0.2, 0.25) is 5.91 Å². The molecule has 0 saturated carbocycles. The van der Waals surface area contributed by atoms with E-state index in [1.54, 1.807) is 24.3 Å². The van der Waals surface area contributed by atoms with Crippen LogP contribution in [-0.4, -0.2) is 47.3 Å². The Hall–Kier alpha value is -4.37. The summed E-state index contributed by atoms with van der Waals surface area (Å²) in [6.07, 6.45) is 2.47. The summed E-state index contributed by atoms with van der Waals surface area (Å²) in [5.41, 5.74) is 8.21. The molecule has 1 aromatic heterocycles. The molecular formula is C28H28ClFN6O2. The maximum atomic E-state index is 13.8. The van der Waals surface area contributed by atoms with Gasteiger partial charge >= 0.3 is 0 Å². The lowest BCUT2D eigenvalue weighted by atomic mass is 10.1. The van der Waals surface area contributed by atoms with Crippen molar-refractivity contribution in [1.29, 1.82) is 5.41 Å². The molecule has 4 aromatic rings. The number of aromatic nitrogens is 1. The van der Waals surface area contributed by atoms with Crippen molar-refractivity contribution in [1.82, 2.24) is 15.2 Å². The predicted molar refractivity (Wildman–Crippen MR) is 148 cm³/mol. The number of H-pyrrole nitrogens is 1. The summed E-state index contributed by atoms with van der Waals surface area (Å²) < 4.78 is 13.8. The van der Waals surface area contributed by atoms with Crippen molar-refractivity contribution in [2.75, 3.05) is 24.5 Å². The van der Waals surface area contributed by atoms with Crippen LogP contribution in [-0.2, 0) is 16.0 Å². The Bertz CT molecular complexity index is 1440. The van der Waals surface area contributed by atoms with Gasteiger partial charge in [-0.25, -0.2) is 4.39 Å². The van der Waals surface area contributed by atoms with Gasteiger partial charge in [0.25, 0.3) is 5.91 Å². The molecule has 8 nitrogen and oxygen atoms in total. The van der Waals surface area contributed by atoms with Crippen LogP contribution < -0.4 is 16.0 Å². The number of para-hydroxylation sites is 2. The molecule has 0 radical (unpaired) electrons. The summed E-state index contributed by atoms with van der Waals surface area (Å²) in [5.74, 6) is -1.44. The molecule has 0 saturated heterocycles. The van der Waals surface area contributed by atoms with E-state index in [4.69, 9.17) is 22.7 Å². The Balaban J connectivity index is 1.60. The summed E-state index contributed by atoms with van der Waals surface area (Å²) >= 11 is 6.34. The van der Waals surface area contributed by atoms with Crippen LogP contribution in [0.3, 0.4) is 0 Å². The third kappa shape index (κ3) is 6.49. The molecular weight excluding hydrogens is 507 g/mol. The van der Waals surface area contributed by atoms with Crippen molar-refractivity contribution in [3.8, 4) is 0 Å². The summed E-state index contributed by atoms with van der Waals surface area (Å²) in [6, 6.07) is 20.5. The molecule has 5 N–H and O–H groups in total. The number of nitrogens with zero attached hydrogens (tertiary/aromatic N) is 2. The van der Waals surface area contributed by atoms with Crippen LogP contribution in [0, 0.1) is 11.2 Å². The molecule has 4 rings (SSSR count). The van der Waals surface area contributed by atoms with Crippen LogP contribution in [0.15, 0.2) is 79.0 Å². The van der Waals surface area contributed by atoms with Gasteiger partial charge in [-0.1, -0.05) is 48.0 Å². The fraction of sp³-hybridized carbons (Fsp3) is 0.179. The molecule has 0 aliphatic rings. The maximum absolute atomic E-state index is 13.8. The van der Waals surface area contributed by atoms with E-state index < -0.39 is 11.7 Å². The van der Waals surface area contributed by atoms with Gasteiger partial charge in [-0.3, -0.25) is 19.9 Å². The SMILES string of the molecule is N=C(N)NCCC(=O)N(CCc1c[nH]c2ccccc12)CC(=O)N(c1ccccc1)c1ccc(F)cc1Cl. The number of amides is 2. The fourth-order valence-electron chi connectivity index (χ4n) is 4.24. The number of aromatic amines is 1. The highest BCUT2D eigenvalue weighted by molar-refractivity contribution is 6.34. The highest BCUT2D eigenvalue weighted by Gasteiger charge is 2.25. The molecule has 38 heavy (non-hydrogen) atoms. The number of nitrogens with two attached hydrogens (primary N) is 1. The first kappa shape index (κ1) is 26.7. The molecule has 1 heterocycles. The number of guanidine groups is 1. The molecule has 0 unspecified atom stereocenters. The normalized spacial score (nSPS) is 10.8. The van der Waals surface area contributed by atoms with Crippen LogP contribution >= 0.6 is 11.6 Å². The number of rotatable bonds is 10. The van der Waals surface area contributed by atoms with Crippen molar-refractivity contribution in [3.05, 3.63) is 95.4 Å². The van der Waals surface area contributed by atoms with E-state index in [-0.39, 0.29) is 42.9 Å². The van der Waals surface area contributed by atoms with Crippen LogP contribution in [0.4, 0.5) is 15.8 Å². The Kier molecular flexibility index (Phi) is 8.60. The number of benzene rings is 3. The zero-order chi connectivity index (χ0) is 27.1. The average Bonchev–Trinajstić information content (AvgIpc) is 3.31. The number of nitrogens with one attached hydrogen (secondary N) is 3. The Morgan fingerprint density at radius 1 is 1.03 bits per heavy atom. The number of fused-ring (bicyclic) bond motifs is 1. The third-order valence-electron chi connectivity index (χ3n) is 6.07. The molecule has 10 heteroatoms. The first-order chi connectivity index (χ1) is 18.3. The lowest BCUT2D eigenvalue weighted by Crippen LogP contribution is -2.43. The van der Waals surface area contributed by atoms with Gasteiger partial charge in [-0.05, 0) is 48.4 Å². The molecule has 0 aliphatic carbocycles. The molecule has 196 valence electrons. The Labute approximate surface area is 224 Å². The standard InChI is InChI=1S/C28H28ClFN6O2/c29-23-16-20(30)10-11-25(23)36(21-6-2-1-3-7-21)27(38)18-35(26(37)12-14-33-28(31)32)15-13-19-17-34-24-9-5-4-8-22(19)24/h1-11,16-17,34H,12-15,18H2,(H4,31,32,33). The summed E-state index contributed by atoms with van der Waals surface area (Å²) in [5, 5.41) is 11.1. The van der Waals surface area contributed by atoms with Crippen molar-refractivity contribution < 1.29 is 14.0 Å². The zero-order valence-electron chi connectivity index (χ0n) is 20.6. The number of halogens is 2. The van der Waals surface area contributed by atoms with E-state index in [0.29, 0.717) is 17.8 Å². The van der Waals surface area contributed by atoms with Crippen molar-refractivity contribution >= 4 is 51.7 Å². The molecule has 0 aliphatic heterocycles. The van der Waals surface area contributed by atoms with Crippen molar-refractivity contribution in [2.24, 2.45) is 5.73 Å². The second kappa shape index (κ2) is 12.2. The second-order valence-electron chi connectivity index (χ2n) is 8.68. The summed E-state index contributed by atoms with van der Waals surface area (Å²) in [4.78, 5) is 33.1. The number of carbonyl (C=O) groups is 2. The minimum Gasteiger partial charge on any atom is -0.370 e. The first-order valence-electron chi connectivity index (χ1n) is 12.1. The van der Waals surface area contributed by atoms with Crippen LogP contribution in [0.25, 0.3) is 10.9 Å². The van der Waals surface area contributed by atoms with Gasteiger partial charge in [0.05, 0.1) is 10.7 Å². The molecule has 0 bridgehead atoms. The monoisotopic (exact) mass is 534 g/mol. The molecule has 0 atom stereocenters. The van der Waals surface area contributed by atoms with E-state index in [1.165, 1.54) is 21.9 Å². The quantitative estimate of drug-likeness (QED) is 0.176. The number of hydrogen-bond donors (Lipinski definition) is 4. The Morgan fingerprint density at radius 2 is 1.76 bits per heavy atom. The zero-order valence-corrected chi connectivity index (χ0v) is 21.3.